The maximum Gasteiger partial charge on any atom is 0.116 e. The first-order valence-electron chi connectivity index (χ1n) is 5.87. The number of allylic oxidation sites excluding steroid dienone is 1. The van der Waals surface area contributed by atoms with Crippen molar-refractivity contribution >= 4 is 11.4 Å². The third-order valence-corrected chi connectivity index (χ3v) is 3.39. The fourth-order valence-corrected chi connectivity index (χ4v) is 2.24. The Hall–Kier alpha value is -1.71. The first-order chi connectivity index (χ1) is 8.02. The lowest BCUT2D eigenvalue weighted by molar-refractivity contribution is 0.434. The van der Waals surface area contributed by atoms with E-state index in [9.17, 15) is 0 Å². The number of rotatable bonds is 1. The largest absolute Gasteiger partial charge is 0.397 e. The van der Waals surface area contributed by atoms with Gasteiger partial charge in [-0.25, -0.2) is 9.97 Å². The highest BCUT2D eigenvalue weighted by Crippen LogP contribution is 2.37. The predicted molar refractivity (Wildman–Crippen MR) is 68.5 cm³/mol. The van der Waals surface area contributed by atoms with Crippen LogP contribution >= 0.6 is 0 Å². The van der Waals surface area contributed by atoms with Gasteiger partial charge in [0.25, 0.3) is 0 Å². The van der Waals surface area contributed by atoms with Gasteiger partial charge in [0.15, 0.2) is 0 Å². The van der Waals surface area contributed by atoms with E-state index in [1.165, 1.54) is 6.33 Å². The molecule has 0 amide bonds. The summed E-state index contributed by atoms with van der Waals surface area (Å²) in [5.41, 5.74) is 9.00. The second-order valence-electron chi connectivity index (χ2n) is 5.10. The van der Waals surface area contributed by atoms with Crippen molar-refractivity contribution in [1.29, 1.82) is 5.41 Å². The number of hydrogen-bond donors (Lipinski definition) is 2. The minimum atomic E-state index is -0.0781. The molecule has 1 aromatic rings. The van der Waals surface area contributed by atoms with Gasteiger partial charge >= 0.3 is 0 Å². The molecule has 2 rings (SSSR count). The summed E-state index contributed by atoms with van der Waals surface area (Å²) in [5, 5.41) is 8.25. The minimum Gasteiger partial charge on any atom is -0.397 e. The molecule has 1 aliphatic rings. The molecule has 90 valence electrons. The highest BCUT2D eigenvalue weighted by atomic mass is 14.8. The summed E-state index contributed by atoms with van der Waals surface area (Å²) in [6, 6.07) is 1.79. The van der Waals surface area contributed by atoms with Crippen LogP contribution in [0.1, 0.15) is 38.8 Å². The molecule has 1 heterocycles. The van der Waals surface area contributed by atoms with E-state index in [1.807, 2.05) is 0 Å². The van der Waals surface area contributed by atoms with Crippen molar-refractivity contribution in [2.75, 3.05) is 0 Å². The molecule has 4 nitrogen and oxygen atoms in total. The molecule has 1 aromatic heterocycles. The summed E-state index contributed by atoms with van der Waals surface area (Å²) in [4.78, 5) is 8.02. The topological polar surface area (TPSA) is 75.7 Å². The third kappa shape index (κ3) is 2.20. The van der Waals surface area contributed by atoms with Crippen molar-refractivity contribution in [3.05, 3.63) is 29.9 Å². The van der Waals surface area contributed by atoms with Crippen LogP contribution in [0, 0.1) is 10.8 Å². The molecule has 4 heteroatoms. The molecular formula is C13H18N4. The molecule has 0 unspecified atom stereocenters. The molecule has 3 N–H and O–H groups in total. The van der Waals surface area contributed by atoms with Gasteiger partial charge in [-0.05, 0) is 30.9 Å². The number of aromatic nitrogens is 2. The Labute approximate surface area is 101 Å². The van der Waals surface area contributed by atoms with E-state index in [-0.39, 0.29) is 5.41 Å². The maximum atomic E-state index is 8.25. The maximum absolute atomic E-state index is 8.25. The molecule has 0 saturated heterocycles. The Bertz CT molecular complexity index is 460. The van der Waals surface area contributed by atoms with Gasteiger partial charge < -0.3 is 11.1 Å². The first-order valence-corrected chi connectivity index (χ1v) is 5.87. The second-order valence-corrected chi connectivity index (χ2v) is 5.10. The fraction of sp³-hybridized carbons (Fsp3) is 0.462. The zero-order valence-corrected chi connectivity index (χ0v) is 10.3. The van der Waals surface area contributed by atoms with Gasteiger partial charge in [-0.1, -0.05) is 13.8 Å². The number of nitrogens with zero attached hydrogens (tertiary/aromatic N) is 2. The second kappa shape index (κ2) is 4.28. The van der Waals surface area contributed by atoms with E-state index < -0.39 is 0 Å². The highest BCUT2D eigenvalue weighted by Gasteiger charge is 2.31. The lowest BCUT2D eigenvalue weighted by Gasteiger charge is -2.33. The summed E-state index contributed by atoms with van der Waals surface area (Å²) in [7, 11) is 0. The van der Waals surface area contributed by atoms with Crippen molar-refractivity contribution in [3.63, 3.8) is 0 Å². The summed E-state index contributed by atoms with van der Waals surface area (Å²) in [6.45, 7) is 4.20. The third-order valence-electron chi connectivity index (χ3n) is 3.39. The molecule has 0 atom stereocenters. The van der Waals surface area contributed by atoms with Gasteiger partial charge in [-0.15, -0.1) is 0 Å². The fourth-order valence-electron chi connectivity index (χ4n) is 2.24. The summed E-state index contributed by atoms with van der Waals surface area (Å²) < 4.78 is 0. The highest BCUT2D eigenvalue weighted by molar-refractivity contribution is 6.07. The van der Waals surface area contributed by atoms with Gasteiger partial charge in [-0.3, -0.25) is 0 Å². The number of nitrogens with one attached hydrogen (secondary N) is 1. The van der Waals surface area contributed by atoms with E-state index in [2.05, 4.69) is 23.8 Å². The number of hydrogen-bond acceptors (Lipinski definition) is 4. The Balaban J connectivity index is 2.41. The Kier molecular flexibility index (Phi) is 2.96. The quantitative estimate of drug-likeness (QED) is 0.777. The van der Waals surface area contributed by atoms with Crippen molar-refractivity contribution < 1.29 is 0 Å². The molecule has 0 aromatic carbocycles. The van der Waals surface area contributed by atoms with E-state index in [1.54, 1.807) is 12.3 Å². The van der Waals surface area contributed by atoms with Gasteiger partial charge in [0.2, 0.25) is 0 Å². The molecule has 0 aliphatic heterocycles. The standard InChI is InChI=1S/C13H18N4/c1-13(2)6-3-4-9(12(13)15)11(14)10-5-7-16-8-17-10/h5,7-8,15H,3-4,6,14H2,1-2H3/b11-9-,15-12?. The molecule has 0 radical (unpaired) electrons. The van der Waals surface area contributed by atoms with Crippen LogP contribution in [0.5, 0.6) is 0 Å². The zero-order valence-electron chi connectivity index (χ0n) is 10.3. The van der Waals surface area contributed by atoms with Crippen LogP contribution in [0.25, 0.3) is 5.70 Å². The van der Waals surface area contributed by atoms with Crippen LogP contribution in [0.2, 0.25) is 0 Å². The lowest BCUT2D eigenvalue weighted by atomic mass is 9.72. The number of nitrogens with two attached hydrogens (primary N) is 1. The van der Waals surface area contributed by atoms with Gasteiger partial charge in [0.05, 0.1) is 11.4 Å². The first kappa shape index (κ1) is 11.8. The molecule has 0 bridgehead atoms. The van der Waals surface area contributed by atoms with Crippen LogP contribution in [0.3, 0.4) is 0 Å². The van der Waals surface area contributed by atoms with Crippen LogP contribution in [-0.2, 0) is 0 Å². The molecular weight excluding hydrogens is 212 g/mol. The Morgan fingerprint density at radius 2 is 2.24 bits per heavy atom. The molecule has 1 saturated carbocycles. The normalized spacial score (nSPS) is 22.4. The van der Waals surface area contributed by atoms with E-state index >= 15 is 0 Å². The van der Waals surface area contributed by atoms with Crippen LogP contribution in [-0.4, -0.2) is 15.7 Å². The van der Waals surface area contributed by atoms with E-state index in [4.69, 9.17) is 11.1 Å². The summed E-state index contributed by atoms with van der Waals surface area (Å²) >= 11 is 0. The van der Waals surface area contributed by atoms with E-state index in [0.717, 1.165) is 30.5 Å². The van der Waals surface area contributed by atoms with Crippen LogP contribution in [0.15, 0.2) is 24.2 Å². The Morgan fingerprint density at radius 3 is 2.88 bits per heavy atom. The zero-order chi connectivity index (χ0) is 12.5. The molecule has 17 heavy (non-hydrogen) atoms. The van der Waals surface area contributed by atoms with E-state index in [0.29, 0.717) is 11.4 Å². The average Bonchev–Trinajstić information content (AvgIpc) is 2.33. The average molecular weight is 230 g/mol. The molecule has 1 aliphatic carbocycles. The van der Waals surface area contributed by atoms with Crippen molar-refractivity contribution in [1.82, 2.24) is 9.97 Å². The van der Waals surface area contributed by atoms with Gasteiger partial charge in [0.1, 0.15) is 6.33 Å². The van der Waals surface area contributed by atoms with Crippen LogP contribution in [0.4, 0.5) is 0 Å². The summed E-state index contributed by atoms with van der Waals surface area (Å²) in [6.07, 6.45) is 6.16. The molecule has 1 fully saturated rings. The minimum absolute atomic E-state index is 0.0781. The SMILES string of the molecule is CC1(C)CCC/C(=C(/N)c2ccncn2)C1=N. The van der Waals surface area contributed by atoms with Crippen molar-refractivity contribution in [3.8, 4) is 0 Å². The van der Waals surface area contributed by atoms with Crippen molar-refractivity contribution in [2.45, 2.75) is 33.1 Å². The van der Waals surface area contributed by atoms with Crippen molar-refractivity contribution in [2.24, 2.45) is 11.1 Å². The smallest absolute Gasteiger partial charge is 0.116 e. The summed E-state index contributed by atoms with van der Waals surface area (Å²) in [5.74, 6) is 0. The lowest BCUT2D eigenvalue weighted by Crippen LogP contribution is -2.30. The monoisotopic (exact) mass is 230 g/mol. The Morgan fingerprint density at radius 1 is 1.47 bits per heavy atom. The molecule has 0 spiro atoms. The van der Waals surface area contributed by atoms with Crippen LogP contribution < -0.4 is 5.73 Å². The predicted octanol–water partition coefficient (Wildman–Crippen LogP) is 2.38. The van der Waals surface area contributed by atoms with Gasteiger partial charge in [0, 0.05) is 17.3 Å². The van der Waals surface area contributed by atoms with Gasteiger partial charge in [-0.2, -0.15) is 0 Å².